The number of aliphatic hydroxyl groups is 1. The smallest absolute Gasteiger partial charge is 0.200 e. The summed E-state index contributed by atoms with van der Waals surface area (Å²) in [5, 5.41) is 18.6. The monoisotopic (exact) mass is 253 g/mol. The summed E-state index contributed by atoms with van der Waals surface area (Å²) >= 11 is 1.47. The molecule has 0 bridgehead atoms. The van der Waals surface area contributed by atoms with E-state index in [1.807, 2.05) is 23.7 Å². The van der Waals surface area contributed by atoms with Gasteiger partial charge in [0, 0.05) is 12.8 Å². The van der Waals surface area contributed by atoms with E-state index in [9.17, 15) is 5.11 Å². The van der Waals surface area contributed by atoms with Crippen molar-refractivity contribution in [3.63, 3.8) is 0 Å². The topological polar surface area (TPSA) is 64.1 Å². The lowest BCUT2D eigenvalue weighted by Crippen LogP contribution is -2.21. The molecule has 0 atom stereocenters. The van der Waals surface area contributed by atoms with E-state index in [4.69, 9.17) is 4.42 Å². The van der Waals surface area contributed by atoms with Crippen LogP contribution in [0.25, 0.3) is 11.6 Å². The minimum absolute atomic E-state index is 0.567. The predicted molar refractivity (Wildman–Crippen MR) is 65.7 cm³/mol. The van der Waals surface area contributed by atoms with Gasteiger partial charge in [-0.05, 0) is 26.0 Å². The molecular weight excluding hydrogens is 238 g/mol. The summed E-state index contributed by atoms with van der Waals surface area (Å²) in [6.07, 6.45) is 1.60. The van der Waals surface area contributed by atoms with Crippen molar-refractivity contribution in [3.8, 4) is 11.6 Å². The Morgan fingerprint density at radius 1 is 1.47 bits per heavy atom. The zero-order valence-corrected chi connectivity index (χ0v) is 10.9. The van der Waals surface area contributed by atoms with Crippen LogP contribution in [0.15, 0.2) is 28.0 Å². The summed E-state index contributed by atoms with van der Waals surface area (Å²) in [5.74, 6) is 1.94. The number of hydrogen-bond acceptors (Lipinski definition) is 5. The normalized spacial score (nSPS) is 12.0. The largest absolute Gasteiger partial charge is 0.461 e. The van der Waals surface area contributed by atoms with Crippen molar-refractivity contribution in [2.75, 3.05) is 5.75 Å². The highest BCUT2D eigenvalue weighted by Crippen LogP contribution is 2.24. The Kier molecular flexibility index (Phi) is 3.26. The van der Waals surface area contributed by atoms with Gasteiger partial charge in [0.2, 0.25) is 0 Å². The molecule has 0 aliphatic heterocycles. The van der Waals surface area contributed by atoms with Gasteiger partial charge in [-0.25, -0.2) is 0 Å². The second-order valence-electron chi connectivity index (χ2n) is 4.44. The molecule has 0 saturated heterocycles. The standard InChI is InChI=1S/C11H15N3O2S/c1-11(2,15)7-17-10-13-12-9(14(10)3)8-5-4-6-16-8/h4-6,15H,7H2,1-3H3. The van der Waals surface area contributed by atoms with Crippen molar-refractivity contribution < 1.29 is 9.52 Å². The Morgan fingerprint density at radius 3 is 2.82 bits per heavy atom. The van der Waals surface area contributed by atoms with E-state index >= 15 is 0 Å². The molecule has 5 nitrogen and oxygen atoms in total. The summed E-state index contributed by atoms with van der Waals surface area (Å²) < 4.78 is 7.13. The van der Waals surface area contributed by atoms with Gasteiger partial charge in [-0.15, -0.1) is 10.2 Å². The van der Waals surface area contributed by atoms with Gasteiger partial charge < -0.3 is 14.1 Å². The Hall–Kier alpha value is -1.27. The highest BCUT2D eigenvalue weighted by Gasteiger charge is 2.17. The lowest BCUT2D eigenvalue weighted by atomic mass is 10.2. The van der Waals surface area contributed by atoms with Crippen LogP contribution in [0.3, 0.4) is 0 Å². The van der Waals surface area contributed by atoms with Gasteiger partial charge in [0.15, 0.2) is 16.7 Å². The van der Waals surface area contributed by atoms with Gasteiger partial charge in [0.05, 0.1) is 11.9 Å². The zero-order chi connectivity index (χ0) is 12.5. The Labute approximate surface area is 104 Å². The maximum atomic E-state index is 9.66. The predicted octanol–water partition coefficient (Wildman–Crippen LogP) is 1.94. The Balaban J connectivity index is 2.16. The molecule has 2 rings (SSSR count). The number of nitrogens with zero attached hydrogens (tertiary/aromatic N) is 3. The average molecular weight is 253 g/mol. The van der Waals surface area contributed by atoms with Crippen LogP contribution >= 0.6 is 11.8 Å². The fourth-order valence-corrected chi connectivity index (χ4v) is 2.16. The average Bonchev–Trinajstić information content (AvgIpc) is 2.83. The molecule has 0 unspecified atom stereocenters. The summed E-state index contributed by atoms with van der Waals surface area (Å²) in [6.45, 7) is 3.54. The van der Waals surface area contributed by atoms with Gasteiger partial charge in [-0.2, -0.15) is 0 Å². The van der Waals surface area contributed by atoms with Crippen molar-refractivity contribution >= 4 is 11.8 Å². The first kappa shape index (κ1) is 12.2. The van der Waals surface area contributed by atoms with Gasteiger partial charge in [-0.1, -0.05) is 11.8 Å². The Morgan fingerprint density at radius 2 is 2.24 bits per heavy atom. The lowest BCUT2D eigenvalue weighted by molar-refractivity contribution is 0.107. The van der Waals surface area contributed by atoms with Crippen LogP contribution in [0.5, 0.6) is 0 Å². The fourth-order valence-electron chi connectivity index (χ4n) is 1.30. The number of aromatic nitrogens is 3. The number of thioether (sulfide) groups is 1. The molecule has 17 heavy (non-hydrogen) atoms. The van der Waals surface area contributed by atoms with Gasteiger partial charge >= 0.3 is 0 Å². The third-order valence-electron chi connectivity index (χ3n) is 2.13. The van der Waals surface area contributed by atoms with Crippen LogP contribution in [-0.2, 0) is 7.05 Å². The molecule has 6 heteroatoms. The van der Waals surface area contributed by atoms with E-state index < -0.39 is 5.60 Å². The van der Waals surface area contributed by atoms with Gasteiger partial charge in [0.1, 0.15) is 0 Å². The van der Waals surface area contributed by atoms with Crippen LogP contribution < -0.4 is 0 Å². The molecule has 92 valence electrons. The van der Waals surface area contributed by atoms with E-state index in [0.717, 1.165) is 5.16 Å². The highest BCUT2D eigenvalue weighted by atomic mass is 32.2. The van der Waals surface area contributed by atoms with Crippen LogP contribution in [0, 0.1) is 0 Å². The molecule has 0 amide bonds. The minimum Gasteiger partial charge on any atom is -0.461 e. The van der Waals surface area contributed by atoms with Crippen LogP contribution in [-0.4, -0.2) is 31.2 Å². The summed E-state index contributed by atoms with van der Waals surface area (Å²) in [4.78, 5) is 0. The third kappa shape index (κ3) is 2.89. The number of rotatable bonds is 4. The van der Waals surface area contributed by atoms with E-state index in [-0.39, 0.29) is 0 Å². The molecule has 2 heterocycles. The molecule has 0 saturated carbocycles. The van der Waals surface area contributed by atoms with E-state index in [1.54, 1.807) is 20.1 Å². The number of furan rings is 1. The molecule has 0 radical (unpaired) electrons. The molecule has 1 N–H and O–H groups in total. The quantitative estimate of drug-likeness (QED) is 0.844. The maximum absolute atomic E-state index is 9.66. The fraction of sp³-hybridized carbons (Fsp3) is 0.455. The SMILES string of the molecule is Cn1c(SCC(C)(C)O)nnc1-c1ccco1. The molecule has 0 aromatic carbocycles. The zero-order valence-electron chi connectivity index (χ0n) is 10.0. The van der Waals surface area contributed by atoms with E-state index in [1.165, 1.54) is 11.8 Å². The van der Waals surface area contributed by atoms with E-state index in [0.29, 0.717) is 17.3 Å². The van der Waals surface area contributed by atoms with Crippen molar-refractivity contribution in [2.45, 2.75) is 24.6 Å². The van der Waals surface area contributed by atoms with Crippen molar-refractivity contribution in [1.82, 2.24) is 14.8 Å². The Bertz CT molecular complexity index is 485. The second kappa shape index (κ2) is 4.54. The summed E-state index contributed by atoms with van der Waals surface area (Å²) in [5.41, 5.74) is -0.721. The summed E-state index contributed by atoms with van der Waals surface area (Å²) in [7, 11) is 1.88. The lowest BCUT2D eigenvalue weighted by Gasteiger charge is -2.15. The van der Waals surface area contributed by atoms with Gasteiger partial charge in [0.25, 0.3) is 0 Å². The molecule has 0 spiro atoms. The first-order valence-corrected chi connectivity index (χ1v) is 6.24. The molecule has 0 aliphatic carbocycles. The van der Waals surface area contributed by atoms with Crippen LogP contribution in [0.4, 0.5) is 0 Å². The van der Waals surface area contributed by atoms with Crippen LogP contribution in [0.1, 0.15) is 13.8 Å². The van der Waals surface area contributed by atoms with Crippen molar-refractivity contribution in [3.05, 3.63) is 18.4 Å². The van der Waals surface area contributed by atoms with Gasteiger partial charge in [-0.3, -0.25) is 0 Å². The van der Waals surface area contributed by atoms with Crippen LogP contribution in [0.2, 0.25) is 0 Å². The second-order valence-corrected chi connectivity index (χ2v) is 5.39. The summed E-state index contributed by atoms with van der Waals surface area (Å²) in [6, 6.07) is 3.65. The molecule has 0 fully saturated rings. The van der Waals surface area contributed by atoms with Crippen molar-refractivity contribution in [2.24, 2.45) is 7.05 Å². The maximum Gasteiger partial charge on any atom is 0.200 e. The molecule has 2 aromatic heterocycles. The van der Waals surface area contributed by atoms with Crippen molar-refractivity contribution in [1.29, 1.82) is 0 Å². The molecule has 2 aromatic rings. The van der Waals surface area contributed by atoms with E-state index in [2.05, 4.69) is 10.2 Å². The minimum atomic E-state index is -0.721. The number of hydrogen-bond donors (Lipinski definition) is 1. The first-order valence-electron chi connectivity index (χ1n) is 5.26. The third-order valence-corrected chi connectivity index (χ3v) is 3.60. The molecular formula is C11H15N3O2S. The highest BCUT2D eigenvalue weighted by molar-refractivity contribution is 7.99. The first-order chi connectivity index (χ1) is 7.97. The molecule has 0 aliphatic rings.